The van der Waals surface area contributed by atoms with Crippen molar-refractivity contribution >= 4 is 17.4 Å². The first-order valence-electron chi connectivity index (χ1n) is 6.83. The fourth-order valence-corrected chi connectivity index (χ4v) is 4.48. The largest absolute Gasteiger partial charge is 0.399 e. The number of anilines is 1. The Morgan fingerprint density at radius 1 is 0.950 bits per heavy atom. The molecule has 2 N–H and O–H groups in total. The highest BCUT2D eigenvalue weighted by Crippen LogP contribution is 2.51. The predicted octanol–water partition coefficient (Wildman–Crippen LogP) is 4.62. The van der Waals surface area contributed by atoms with Gasteiger partial charge in [0.2, 0.25) is 0 Å². The molecule has 0 bridgehead atoms. The number of thioether (sulfide) groups is 1. The van der Waals surface area contributed by atoms with E-state index in [1.54, 1.807) is 0 Å². The van der Waals surface area contributed by atoms with E-state index in [1.807, 2.05) is 23.9 Å². The highest BCUT2D eigenvalue weighted by molar-refractivity contribution is 8.00. The molecule has 2 atom stereocenters. The molecule has 1 heterocycles. The Kier molecular flexibility index (Phi) is 2.71. The van der Waals surface area contributed by atoms with Crippen molar-refractivity contribution in [3.8, 4) is 11.1 Å². The smallest absolute Gasteiger partial charge is 0.0381 e. The van der Waals surface area contributed by atoms with Crippen LogP contribution in [-0.2, 0) is 0 Å². The van der Waals surface area contributed by atoms with Gasteiger partial charge in [-0.05, 0) is 28.8 Å². The molecular formula is C18H15NS. The molecule has 1 aliphatic heterocycles. The maximum absolute atomic E-state index is 5.93. The zero-order valence-corrected chi connectivity index (χ0v) is 11.8. The van der Waals surface area contributed by atoms with E-state index < -0.39 is 0 Å². The van der Waals surface area contributed by atoms with Crippen LogP contribution in [0.4, 0.5) is 5.69 Å². The number of nitrogen functional groups attached to an aromatic ring is 1. The molecule has 0 saturated carbocycles. The minimum absolute atomic E-state index is 0.515. The topological polar surface area (TPSA) is 26.0 Å². The molecule has 2 heteroatoms. The highest BCUT2D eigenvalue weighted by Gasteiger charge is 2.32. The summed E-state index contributed by atoms with van der Waals surface area (Å²) < 4.78 is 0. The molecule has 2 aromatic rings. The first kappa shape index (κ1) is 11.9. The average molecular weight is 277 g/mol. The summed E-state index contributed by atoms with van der Waals surface area (Å²) in [6, 6.07) is 14.8. The molecule has 0 fully saturated rings. The van der Waals surface area contributed by atoms with Crippen molar-refractivity contribution in [2.24, 2.45) is 0 Å². The molecule has 1 aliphatic carbocycles. The maximum atomic E-state index is 5.93. The van der Waals surface area contributed by atoms with Crippen LogP contribution in [0.3, 0.4) is 0 Å². The van der Waals surface area contributed by atoms with Gasteiger partial charge in [0.05, 0.1) is 0 Å². The summed E-state index contributed by atoms with van der Waals surface area (Å²) in [4.78, 5) is 1.41. The summed E-state index contributed by atoms with van der Waals surface area (Å²) >= 11 is 1.97. The summed E-state index contributed by atoms with van der Waals surface area (Å²) in [5.74, 6) is 0.515. The first-order valence-corrected chi connectivity index (χ1v) is 7.71. The Balaban J connectivity index is 1.87. The molecule has 4 rings (SSSR count). The molecule has 0 aromatic heterocycles. The summed E-state index contributed by atoms with van der Waals surface area (Å²) in [6.07, 6.45) is 8.93. The van der Waals surface area contributed by atoms with Crippen molar-refractivity contribution in [1.29, 1.82) is 0 Å². The fraction of sp³-hybridized carbons (Fsp3) is 0.111. The lowest BCUT2D eigenvalue weighted by molar-refractivity contribution is 0.881. The second-order valence-corrected chi connectivity index (χ2v) is 6.42. The van der Waals surface area contributed by atoms with Crippen molar-refractivity contribution in [3.05, 3.63) is 72.3 Å². The van der Waals surface area contributed by atoms with E-state index in [0.717, 1.165) is 5.69 Å². The number of hydrogen-bond donors (Lipinski definition) is 1. The Morgan fingerprint density at radius 2 is 1.80 bits per heavy atom. The van der Waals surface area contributed by atoms with Crippen LogP contribution in [0.2, 0.25) is 0 Å². The molecule has 0 saturated heterocycles. The third-order valence-corrected chi connectivity index (χ3v) is 5.35. The average Bonchev–Trinajstić information content (AvgIpc) is 2.86. The summed E-state index contributed by atoms with van der Waals surface area (Å²) in [7, 11) is 0. The van der Waals surface area contributed by atoms with Crippen molar-refractivity contribution < 1.29 is 0 Å². The van der Waals surface area contributed by atoms with E-state index in [1.165, 1.54) is 21.6 Å². The van der Waals surface area contributed by atoms with Gasteiger partial charge in [0.15, 0.2) is 0 Å². The lowest BCUT2D eigenvalue weighted by Crippen LogP contribution is -2.06. The zero-order valence-electron chi connectivity index (χ0n) is 11.0. The fourth-order valence-electron chi connectivity index (χ4n) is 3.00. The van der Waals surface area contributed by atoms with E-state index in [4.69, 9.17) is 5.73 Å². The van der Waals surface area contributed by atoms with Crippen LogP contribution in [0.1, 0.15) is 11.5 Å². The Hall–Kier alpha value is -1.93. The summed E-state index contributed by atoms with van der Waals surface area (Å²) in [5, 5.41) is 0.539. The van der Waals surface area contributed by atoms with Gasteiger partial charge >= 0.3 is 0 Å². The van der Waals surface area contributed by atoms with Gasteiger partial charge in [-0.1, -0.05) is 54.6 Å². The Bertz CT molecular complexity index is 730. The lowest BCUT2D eigenvalue weighted by atomic mass is 9.90. The van der Waals surface area contributed by atoms with Gasteiger partial charge in [-0.15, -0.1) is 11.8 Å². The van der Waals surface area contributed by atoms with Gasteiger partial charge in [0, 0.05) is 21.8 Å². The molecule has 0 amide bonds. The second-order valence-electron chi connectivity index (χ2n) is 5.23. The minimum atomic E-state index is 0.515. The molecule has 1 nitrogen and oxygen atoms in total. The molecule has 2 unspecified atom stereocenters. The highest BCUT2D eigenvalue weighted by atomic mass is 32.2. The van der Waals surface area contributed by atoms with Crippen LogP contribution in [0.15, 0.2) is 71.7 Å². The van der Waals surface area contributed by atoms with E-state index in [9.17, 15) is 0 Å². The van der Waals surface area contributed by atoms with Crippen LogP contribution < -0.4 is 5.73 Å². The van der Waals surface area contributed by atoms with Crippen molar-refractivity contribution in [2.45, 2.75) is 16.1 Å². The summed E-state index contributed by atoms with van der Waals surface area (Å²) in [6.45, 7) is 0. The van der Waals surface area contributed by atoms with Gasteiger partial charge in [-0.25, -0.2) is 0 Å². The first-order chi connectivity index (χ1) is 9.83. The third-order valence-electron chi connectivity index (χ3n) is 3.94. The number of nitrogens with two attached hydrogens (primary N) is 1. The van der Waals surface area contributed by atoms with Crippen LogP contribution in [0.5, 0.6) is 0 Å². The van der Waals surface area contributed by atoms with E-state index >= 15 is 0 Å². The SMILES string of the molecule is Nc1cccc(-c2cccc3c2SC2C=CC=CC32)c1. The van der Waals surface area contributed by atoms with E-state index in [-0.39, 0.29) is 0 Å². The molecule has 0 radical (unpaired) electrons. The van der Waals surface area contributed by atoms with E-state index in [0.29, 0.717) is 11.2 Å². The quantitative estimate of drug-likeness (QED) is 0.770. The molecule has 0 spiro atoms. The van der Waals surface area contributed by atoms with Gasteiger partial charge < -0.3 is 5.73 Å². The van der Waals surface area contributed by atoms with Crippen LogP contribution in [0.25, 0.3) is 11.1 Å². The number of allylic oxidation sites excluding steroid dienone is 3. The van der Waals surface area contributed by atoms with Gasteiger partial charge in [-0.3, -0.25) is 0 Å². The standard InChI is InChI=1S/C18H15NS/c19-13-6-3-5-12(11-13)14-8-4-9-16-15-7-1-2-10-17(15)20-18(14)16/h1-11,15,17H,19H2. The maximum Gasteiger partial charge on any atom is 0.0381 e. The second kappa shape index (κ2) is 4.57. The number of fused-ring (bicyclic) bond motifs is 3. The van der Waals surface area contributed by atoms with Crippen LogP contribution in [0, 0.1) is 0 Å². The number of benzene rings is 2. The normalized spacial score (nSPS) is 22.6. The number of rotatable bonds is 1. The number of hydrogen-bond acceptors (Lipinski definition) is 2. The molecule has 20 heavy (non-hydrogen) atoms. The van der Waals surface area contributed by atoms with Crippen LogP contribution in [-0.4, -0.2) is 5.25 Å². The van der Waals surface area contributed by atoms with Gasteiger partial charge in [-0.2, -0.15) is 0 Å². The molecule has 2 aliphatic rings. The van der Waals surface area contributed by atoms with Crippen molar-refractivity contribution in [3.63, 3.8) is 0 Å². The molecule has 98 valence electrons. The summed E-state index contributed by atoms with van der Waals surface area (Å²) in [5.41, 5.74) is 10.7. The Labute approximate surface area is 123 Å². The van der Waals surface area contributed by atoms with Crippen LogP contribution >= 0.6 is 11.8 Å². The molecule has 2 aromatic carbocycles. The van der Waals surface area contributed by atoms with Crippen molar-refractivity contribution in [1.82, 2.24) is 0 Å². The van der Waals surface area contributed by atoms with Gasteiger partial charge in [0.25, 0.3) is 0 Å². The van der Waals surface area contributed by atoms with Crippen molar-refractivity contribution in [2.75, 3.05) is 5.73 Å². The minimum Gasteiger partial charge on any atom is -0.399 e. The lowest BCUT2D eigenvalue weighted by Gasteiger charge is -2.14. The third kappa shape index (κ3) is 1.80. The zero-order chi connectivity index (χ0) is 13.5. The van der Waals surface area contributed by atoms with E-state index in [2.05, 4.69) is 54.6 Å². The predicted molar refractivity (Wildman–Crippen MR) is 87.0 cm³/mol. The molecular weight excluding hydrogens is 262 g/mol. The van der Waals surface area contributed by atoms with Gasteiger partial charge in [0.1, 0.15) is 0 Å². The monoisotopic (exact) mass is 277 g/mol. The Morgan fingerprint density at radius 3 is 2.70 bits per heavy atom.